The van der Waals surface area contributed by atoms with Crippen molar-refractivity contribution < 1.29 is 4.74 Å². The molecule has 0 saturated carbocycles. The molecule has 212 valence electrons. The van der Waals surface area contributed by atoms with E-state index in [4.69, 9.17) is 9.72 Å². The van der Waals surface area contributed by atoms with Crippen LogP contribution in [-0.2, 0) is 0 Å². The molecule has 2 heterocycles. The summed E-state index contributed by atoms with van der Waals surface area (Å²) in [5.41, 5.74) is 9.51. The van der Waals surface area contributed by atoms with Crippen molar-refractivity contribution in [3.63, 3.8) is 0 Å². The van der Waals surface area contributed by atoms with E-state index in [-0.39, 0.29) is 6.71 Å². The normalized spacial score (nSPS) is 11.2. The number of imidazole rings is 1. The van der Waals surface area contributed by atoms with Gasteiger partial charge in [-0.2, -0.15) is 0 Å². The van der Waals surface area contributed by atoms with Crippen LogP contribution in [-0.4, -0.2) is 21.2 Å². The fraction of sp³-hybridized carbons (Fsp3) is 0.158. The van der Waals surface area contributed by atoms with Gasteiger partial charge in [0, 0.05) is 24.0 Å². The third-order valence-electron chi connectivity index (χ3n) is 7.88. The molecule has 0 atom stereocenters. The van der Waals surface area contributed by atoms with Crippen molar-refractivity contribution in [2.75, 3.05) is 0 Å². The summed E-state index contributed by atoms with van der Waals surface area (Å²) in [5, 5.41) is 0. The SMILES string of the molecule is CC(C)c1cccc(C(C)C)c1-n1cnc(-c2cccc(B(c3ccccc3)c3cccc(Oc4ccccn4)c3)c2)c1. The number of nitrogens with zero attached hydrogens (tertiary/aromatic N) is 3. The first-order valence-electron chi connectivity index (χ1n) is 15.0. The lowest BCUT2D eigenvalue weighted by Crippen LogP contribution is -2.51. The highest BCUT2D eigenvalue weighted by Gasteiger charge is 2.23. The Hall–Kier alpha value is -4.90. The van der Waals surface area contributed by atoms with Crippen LogP contribution in [0.5, 0.6) is 11.6 Å². The molecule has 0 aliphatic heterocycles. The van der Waals surface area contributed by atoms with Crippen molar-refractivity contribution in [2.24, 2.45) is 0 Å². The van der Waals surface area contributed by atoms with Crippen LogP contribution in [0.2, 0.25) is 0 Å². The van der Waals surface area contributed by atoms with E-state index >= 15 is 0 Å². The van der Waals surface area contributed by atoms with Gasteiger partial charge in [0.25, 0.3) is 0 Å². The molecule has 2 aromatic heterocycles. The van der Waals surface area contributed by atoms with E-state index in [0.29, 0.717) is 17.7 Å². The number of hydrogen-bond donors (Lipinski definition) is 0. The Kier molecular flexibility index (Phi) is 8.23. The van der Waals surface area contributed by atoms with Gasteiger partial charge in [-0.3, -0.25) is 0 Å². The first-order valence-corrected chi connectivity index (χ1v) is 15.0. The molecule has 0 saturated heterocycles. The molecule has 0 radical (unpaired) electrons. The van der Waals surface area contributed by atoms with Crippen molar-refractivity contribution in [3.8, 4) is 28.6 Å². The van der Waals surface area contributed by atoms with E-state index in [1.54, 1.807) is 6.20 Å². The Labute approximate surface area is 255 Å². The molecule has 0 N–H and O–H groups in total. The zero-order chi connectivity index (χ0) is 29.8. The Balaban J connectivity index is 1.39. The van der Waals surface area contributed by atoms with Crippen molar-refractivity contribution in [3.05, 3.63) is 145 Å². The topological polar surface area (TPSA) is 39.9 Å². The van der Waals surface area contributed by atoms with Crippen molar-refractivity contribution >= 4 is 23.1 Å². The molecule has 0 aliphatic carbocycles. The predicted molar refractivity (Wildman–Crippen MR) is 179 cm³/mol. The Morgan fingerprint density at radius 3 is 1.98 bits per heavy atom. The Morgan fingerprint density at radius 2 is 1.28 bits per heavy atom. The van der Waals surface area contributed by atoms with E-state index in [1.165, 1.54) is 27.7 Å². The molecule has 5 heteroatoms. The second kappa shape index (κ2) is 12.5. The standard InChI is InChI=1S/C38H36BN3O/c1-27(2)34-19-12-20-35(28(3)4)38(34)42-25-36(41-26-42)29-13-10-16-31(23-29)39(30-14-6-5-7-15-30)32-17-11-18-33(24-32)43-37-21-8-9-22-40-37/h5-28H,1-4H3. The van der Waals surface area contributed by atoms with Crippen LogP contribution >= 0.6 is 0 Å². The Morgan fingerprint density at radius 1 is 0.628 bits per heavy atom. The highest BCUT2D eigenvalue weighted by Crippen LogP contribution is 2.32. The Bertz CT molecular complexity index is 1790. The maximum absolute atomic E-state index is 6.11. The highest BCUT2D eigenvalue weighted by molar-refractivity contribution is 6.95. The molecule has 6 rings (SSSR count). The van der Waals surface area contributed by atoms with Crippen LogP contribution in [0.15, 0.2) is 134 Å². The van der Waals surface area contributed by atoms with Gasteiger partial charge in [0.2, 0.25) is 12.6 Å². The van der Waals surface area contributed by atoms with Gasteiger partial charge < -0.3 is 9.30 Å². The molecule has 4 nitrogen and oxygen atoms in total. The molecular formula is C38H36BN3O. The minimum absolute atomic E-state index is 0.0183. The van der Waals surface area contributed by atoms with E-state index in [9.17, 15) is 0 Å². The summed E-state index contributed by atoms with van der Waals surface area (Å²) in [6.45, 7) is 9.04. The number of pyridine rings is 1. The summed E-state index contributed by atoms with van der Waals surface area (Å²) in [4.78, 5) is 9.24. The summed E-state index contributed by atoms with van der Waals surface area (Å²) in [7, 11) is 0. The number of hydrogen-bond acceptors (Lipinski definition) is 3. The summed E-state index contributed by atoms with van der Waals surface area (Å²) < 4.78 is 8.32. The van der Waals surface area contributed by atoms with Crippen molar-refractivity contribution in [1.29, 1.82) is 0 Å². The molecule has 0 bridgehead atoms. The molecule has 0 amide bonds. The van der Waals surface area contributed by atoms with Crippen LogP contribution in [0.1, 0.15) is 50.7 Å². The summed E-state index contributed by atoms with van der Waals surface area (Å²) >= 11 is 0. The molecule has 0 aliphatic rings. The molecule has 0 spiro atoms. The van der Waals surface area contributed by atoms with E-state index < -0.39 is 0 Å². The highest BCUT2D eigenvalue weighted by atomic mass is 16.5. The molecular weight excluding hydrogens is 525 g/mol. The van der Waals surface area contributed by atoms with Crippen LogP contribution in [0.4, 0.5) is 0 Å². The quantitative estimate of drug-likeness (QED) is 0.172. The molecule has 43 heavy (non-hydrogen) atoms. The summed E-state index contributed by atoms with van der Waals surface area (Å²) in [5.74, 6) is 2.16. The fourth-order valence-corrected chi connectivity index (χ4v) is 5.79. The average molecular weight is 562 g/mol. The smallest absolute Gasteiger partial charge is 0.241 e. The number of ether oxygens (including phenoxy) is 1. The van der Waals surface area contributed by atoms with Crippen molar-refractivity contribution in [2.45, 2.75) is 39.5 Å². The lowest BCUT2D eigenvalue weighted by atomic mass is 9.37. The van der Waals surface area contributed by atoms with Crippen LogP contribution in [0.3, 0.4) is 0 Å². The maximum atomic E-state index is 6.11. The first kappa shape index (κ1) is 28.2. The first-order chi connectivity index (χ1) is 21.0. The summed E-state index contributed by atoms with van der Waals surface area (Å²) in [6, 6.07) is 40.0. The van der Waals surface area contributed by atoms with Gasteiger partial charge in [-0.05, 0) is 41.2 Å². The van der Waals surface area contributed by atoms with Gasteiger partial charge in [-0.25, -0.2) is 9.97 Å². The predicted octanol–water partition coefficient (Wildman–Crippen LogP) is 7.49. The van der Waals surface area contributed by atoms with Crippen LogP contribution in [0.25, 0.3) is 16.9 Å². The van der Waals surface area contributed by atoms with E-state index in [0.717, 1.165) is 22.5 Å². The largest absolute Gasteiger partial charge is 0.439 e. The van der Waals surface area contributed by atoms with Crippen LogP contribution < -0.4 is 21.1 Å². The number of benzene rings is 4. The van der Waals surface area contributed by atoms with Gasteiger partial charge in [-0.1, -0.05) is 135 Å². The number of rotatable bonds is 9. The minimum atomic E-state index is 0.0183. The van der Waals surface area contributed by atoms with Crippen LogP contribution in [0, 0.1) is 0 Å². The lowest BCUT2D eigenvalue weighted by molar-refractivity contribution is 0.463. The summed E-state index contributed by atoms with van der Waals surface area (Å²) in [6.07, 6.45) is 5.87. The van der Waals surface area contributed by atoms with E-state index in [1.807, 2.05) is 36.7 Å². The maximum Gasteiger partial charge on any atom is 0.241 e. The lowest BCUT2D eigenvalue weighted by Gasteiger charge is -2.20. The van der Waals surface area contributed by atoms with E-state index in [2.05, 4.69) is 128 Å². The molecule has 6 aromatic rings. The fourth-order valence-electron chi connectivity index (χ4n) is 5.79. The third-order valence-corrected chi connectivity index (χ3v) is 7.88. The zero-order valence-corrected chi connectivity index (χ0v) is 25.2. The number of para-hydroxylation sites is 1. The van der Waals surface area contributed by atoms with Gasteiger partial charge in [0.1, 0.15) is 5.75 Å². The third kappa shape index (κ3) is 6.17. The monoisotopic (exact) mass is 561 g/mol. The van der Waals surface area contributed by atoms with Crippen molar-refractivity contribution in [1.82, 2.24) is 14.5 Å². The molecule has 0 unspecified atom stereocenters. The zero-order valence-electron chi connectivity index (χ0n) is 25.2. The van der Waals surface area contributed by atoms with Gasteiger partial charge in [0.15, 0.2) is 0 Å². The second-order valence-electron chi connectivity index (χ2n) is 11.6. The minimum Gasteiger partial charge on any atom is -0.439 e. The number of aromatic nitrogens is 3. The molecule has 4 aromatic carbocycles. The molecule has 0 fully saturated rings. The van der Waals surface area contributed by atoms with Gasteiger partial charge in [0.05, 0.1) is 17.7 Å². The van der Waals surface area contributed by atoms with Gasteiger partial charge >= 0.3 is 0 Å². The average Bonchev–Trinajstić information content (AvgIpc) is 3.52. The van der Waals surface area contributed by atoms with Gasteiger partial charge in [-0.15, -0.1) is 0 Å². The second-order valence-corrected chi connectivity index (χ2v) is 11.6.